The van der Waals surface area contributed by atoms with Crippen LogP contribution in [-0.4, -0.2) is 36.6 Å². The number of fused-ring (bicyclic) bond motifs is 1. The number of rotatable bonds is 10. The normalized spacial score (nSPS) is 15.1. The standard InChI is InChI=1S/C30H38N6O/c1-4-10-27(29-32-33-34-36(29)26-13-8-9-14-26)35(16-15-23-11-6-5-7-12-23)20-25-19-24-18-21(2)17-22(3)28(24)31-30(25)37/h5-7,11-12,17-19,26-27H,4,8-10,13-16,20H2,1-3H3,(H,31,37). The molecule has 194 valence electrons. The van der Waals surface area contributed by atoms with Crippen LogP contribution in [0.25, 0.3) is 10.9 Å². The summed E-state index contributed by atoms with van der Waals surface area (Å²) in [6, 6.07) is 17.3. The lowest BCUT2D eigenvalue weighted by atomic mass is 10.0. The predicted octanol–water partition coefficient (Wildman–Crippen LogP) is 5.83. The number of hydrogen-bond donors (Lipinski definition) is 1. The number of aromatic nitrogens is 5. The maximum absolute atomic E-state index is 13.3. The molecule has 37 heavy (non-hydrogen) atoms. The second-order valence-electron chi connectivity index (χ2n) is 10.6. The van der Waals surface area contributed by atoms with Gasteiger partial charge >= 0.3 is 0 Å². The SMILES string of the molecule is CCCC(c1nnnn1C1CCCC1)N(CCc1ccccc1)Cc1cc2cc(C)cc(C)c2[nH]c1=O. The van der Waals surface area contributed by atoms with E-state index < -0.39 is 0 Å². The fourth-order valence-corrected chi connectivity index (χ4v) is 5.91. The second kappa shape index (κ2) is 11.4. The summed E-state index contributed by atoms with van der Waals surface area (Å²) in [4.78, 5) is 18.9. The molecule has 1 N–H and O–H groups in total. The Labute approximate surface area is 218 Å². The largest absolute Gasteiger partial charge is 0.321 e. The minimum absolute atomic E-state index is 0.0187. The van der Waals surface area contributed by atoms with Gasteiger partial charge in [-0.25, -0.2) is 4.68 Å². The Morgan fingerprint density at radius 1 is 1.11 bits per heavy atom. The van der Waals surface area contributed by atoms with Gasteiger partial charge in [0.05, 0.1) is 17.6 Å². The van der Waals surface area contributed by atoms with E-state index in [-0.39, 0.29) is 11.6 Å². The lowest BCUT2D eigenvalue weighted by molar-refractivity contribution is 0.163. The van der Waals surface area contributed by atoms with Gasteiger partial charge in [-0.2, -0.15) is 0 Å². The van der Waals surface area contributed by atoms with Crippen LogP contribution in [0.5, 0.6) is 0 Å². The monoisotopic (exact) mass is 498 g/mol. The van der Waals surface area contributed by atoms with Crippen LogP contribution in [0.2, 0.25) is 0 Å². The first-order valence-electron chi connectivity index (χ1n) is 13.7. The van der Waals surface area contributed by atoms with Gasteiger partial charge in [0.1, 0.15) is 0 Å². The molecule has 1 saturated carbocycles. The Morgan fingerprint density at radius 3 is 2.65 bits per heavy atom. The average Bonchev–Trinajstić information content (AvgIpc) is 3.59. The first-order chi connectivity index (χ1) is 18.0. The average molecular weight is 499 g/mol. The Balaban J connectivity index is 1.52. The molecule has 2 aromatic carbocycles. The molecule has 0 amide bonds. The fraction of sp³-hybridized carbons (Fsp3) is 0.467. The molecule has 0 aliphatic heterocycles. The third-order valence-corrected chi connectivity index (χ3v) is 7.76. The molecule has 2 heterocycles. The van der Waals surface area contributed by atoms with Gasteiger partial charge in [-0.1, -0.05) is 68.1 Å². The molecule has 7 heteroatoms. The number of nitrogens with zero attached hydrogens (tertiary/aromatic N) is 5. The lowest BCUT2D eigenvalue weighted by Gasteiger charge is -2.31. The molecule has 0 saturated heterocycles. The number of tetrazole rings is 1. The van der Waals surface area contributed by atoms with Crippen molar-refractivity contribution in [2.24, 2.45) is 0 Å². The van der Waals surface area contributed by atoms with Crippen molar-refractivity contribution in [3.63, 3.8) is 0 Å². The summed E-state index contributed by atoms with van der Waals surface area (Å²) < 4.78 is 2.08. The number of hydrogen-bond acceptors (Lipinski definition) is 5. The topological polar surface area (TPSA) is 79.7 Å². The molecule has 5 rings (SSSR count). The lowest BCUT2D eigenvalue weighted by Crippen LogP contribution is -2.35. The number of nitrogens with one attached hydrogen (secondary N) is 1. The van der Waals surface area contributed by atoms with E-state index in [1.165, 1.54) is 24.0 Å². The molecular weight excluding hydrogens is 460 g/mol. The summed E-state index contributed by atoms with van der Waals surface area (Å²) in [5.41, 5.74) is 5.27. The van der Waals surface area contributed by atoms with Crippen molar-refractivity contribution in [1.29, 1.82) is 0 Å². The van der Waals surface area contributed by atoms with Crippen LogP contribution in [-0.2, 0) is 13.0 Å². The zero-order valence-electron chi connectivity index (χ0n) is 22.3. The van der Waals surface area contributed by atoms with Gasteiger partial charge in [0, 0.05) is 18.7 Å². The van der Waals surface area contributed by atoms with Crippen molar-refractivity contribution in [2.45, 2.75) is 84.3 Å². The van der Waals surface area contributed by atoms with Gasteiger partial charge in [-0.3, -0.25) is 9.69 Å². The molecule has 1 fully saturated rings. The first-order valence-corrected chi connectivity index (χ1v) is 13.7. The molecule has 4 aromatic rings. The highest BCUT2D eigenvalue weighted by Crippen LogP contribution is 2.33. The molecule has 7 nitrogen and oxygen atoms in total. The van der Waals surface area contributed by atoms with Crippen LogP contribution < -0.4 is 5.56 Å². The Bertz CT molecular complexity index is 1390. The molecule has 0 bridgehead atoms. The fourth-order valence-electron chi connectivity index (χ4n) is 5.91. The van der Waals surface area contributed by atoms with Crippen LogP contribution >= 0.6 is 0 Å². The summed E-state index contributed by atoms with van der Waals surface area (Å²) in [6.45, 7) is 7.73. The van der Waals surface area contributed by atoms with E-state index >= 15 is 0 Å². The minimum Gasteiger partial charge on any atom is -0.321 e. The number of aromatic amines is 1. The third kappa shape index (κ3) is 5.67. The van der Waals surface area contributed by atoms with Crippen LogP contribution in [0.1, 0.15) is 85.6 Å². The Morgan fingerprint density at radius 2 is 1.89 bits per heavy atom. The molecule has 1 aliphatic carbocycles. The summed E-state index contributed by atoms with van der Waals surface area (Å²) in [6.07, 6.45) is 7.56. The maximum Gasteiger partial charge on any atom is 0.252 e. The molecule has 1 unspecified atom stereocenters. The zero-order chi connectivity index (χ0) is 25.8. The highest BCUT2D eigenvalue weighted by molar-refractivity contribution is 5.82. The highest BCUT2D eigenvalue weighted by atomic mass is 16.1. The predicted molar refractivity (Wildman–Crippen MR) is 148 cm³/mol. The van der Waals surface area contributed by atoms with Gasteiger partial charge in [-0.05, 0) is 78.6 Å². The second-order valence-corrected chi connectivity index (χ2v) is 10.6. The number of H-pyrrole nitrogens is 1. The number of benzene rings is 2. The molecule has 1 atom stereocenters. The maximum atomic E-state index is 13.3. The van der Waals surface area contributed by atoms with E-state index in [1.807, 2.05) is 0 Å². The van der Waals surface area contributed by atoms with E-state index in [2.05, 4.69) is 99.4 Å². The summed E-state index contributed by atoms with van der Waals surface area (Å²) in [7, 11) is 0. The van der Waals surface area contributed by atoms with E-state index in [9.17, 15) is 4.79 Å². The molecule has 0 radical (unpaired) electrons. The Kier molecular flexibility index (Phi) is 7.79. The third-order valence-electron chi connectivity index (χ3n) is 7.76. The summed E-state index contributed by atoms with van der Waals surface area (Å²) in [5, 5.41) is 14.2. The van der Waals surface area contributed by atoms with Crippen molar-refractivity contribution < 1.29 is 0 Å². The highest BCUT2D eigenvalue weighted by Gasteiger charge is 2.30. The van der Waals surface area contributed by atoms with Crippen LogP contribution in [0.3, 0.4) is 0 Å². The number of pyridine rings is 1. The zero-order valence-corrected chi connectivity index (χ0v) is 22.3. The van der Waals surface area contributed by atoms with Gasteiger partial charge in [0.25, 0.3) is 5.56 Å². The smallest absolute Gasteiger partial charge is 0.252 e. The molecule has 1 aliphatic rings. The van der Waals surface area contributed by atoms with Gasteiger partial charge in [-0.15, -0.1) is 5.10 Å². The van der Waals surface area contributed by atoms with Crippen LogP contribution in [0.15, 0.2) is 53.3 Å². The van der Waals surface area contributed by atoms with Gasteiger partial charge in [0.15, 0.2) is 5.82 Å². The van der Waals surface area contributed by atoms with Crippen molar-refractivity contribution >= 4 is 10.9 Å². The quantitative estimate of drug-likeness (QED) is 0.297. The van der Waals surface area contributed by atoms with Gasteiger partial charge in [0.2, 0.25) is 0 Å². The molecule has 2 aromatic heterocycles. The van der Waals surface area contributed by atoms with Crippen molar-refractivity contribution in [3.8, 4) is 0 Å². The van der Waals surface area contributed by atoms with Gasteiger partial charge < -0.3 is 4.98 Å². The Hall–Kier alpha value is -3.32. The van der Waals surface area contributed by atoms with E-state index in [0.717, 1.165) is 66.5 Å². The first kappa shape index (κ1) is 25.3. The minimum atomic E-state index is -0.0187. The van der Waals surface area contributed by atoms with Crippen molar-refractivity contribution in [3.05, 3.63) is 87.0 Å². The summed E-state index contributed by atoms with van der Waals surface area (Å²) >= 11 is 0. The summed E-state index contributed by atoms with van der Waals surface area (Å²) in [5.74, 6) is 0.936. The molecule has 0 spiro atoms. The van der Waals surface area contributed by atoms with Crippen LogP contribution in [0, 0.1) is 13.8 Å². The van der Waals surface area contributed by atoms with E-state index in [0.29, 0.717) is 12.6 Å². The molecular formula is C30H38N6O. The van der Waals surface area contributed by atoms with E-state index in [1.54, 1.807) is 0 Å². The van der Waals surface area contributed by atoms with Crippen molar-refractivity contribution in [2.75, 3.05) is 6.54 Å². The van der Waals surface area contributed by atoms with E-state index in [4.69, 9.17) is 0 Å². The number of aryl methyl sites for hydroxylation is 2. The van der Waals surface area contributed by atoms with Crippen molar-refractivity contribution in [1.82, 2.24) is 30.1 Å². The van der Waals surface area contributed by atoms with Crippen LogP contribution in [0.4, 0.5) is 0 Å².